The number of carbonyl (C=O) groups excluding carboxylic acids is 1. The summed E-state index contributed by atoms with van der Waals surface area (Å²) in [5.74, 6) is 0. The molecule has 0 radical (unpaired) electrons. The van der Waals surface area contributed by atoms with Crippen molar-refractivity contribution >= 4 is 29.3 Å². The highest BCUT2D eigenvalue weighted by atomic mass is 35.5. The number of hydrogen-bond donors (Lipinski definition) is 1. The SMILES string of the molecule is CNc1cc(C=O)ccc1N1CCN(Cc2ccccc2-c2ccc(Cl)cc2)CC1. The van der Waals surface area contributed by atoms with Gasteiger partial charge in [-0.2, -0.15) is 0 Å². The number of nitrogens with zero attached hydrogens (tertiary/aromatic N) is 2. The van der Waals surface area contributed by atoms with Crippen molar-refractivity contribution in [1.82, 2.24) is 4.90 Å². The summed E-state index contributed by atoms with van der Waals surface area (Å²) < 4.78 is 0. The van der Waals surface area contributed by atoms with Crippen LogP contribution in [-0.2, 0) is 6.54 Å². The second-order valence-electron chi connectivity index (χ2n) is 7.57. The van der Waals surface area contributed by atoms with E-state index in [0.29, 0.717) is 5.56 Å². The van der Waals surface area contributed by atoms with Gasteiger partial charge in [-0.15, -0.1) is 0 Å². The molecule has 0 atom stereocenters. The first-order valence-electron chi connectivity index (χ1n) is 10.3. The van der Waals surface area contributed by atoms with Gasteiger partial charge < -0.3 is 10.2 Å². The van der Waals surface area contributed by atoms with E-state index in [-0.39, 0.29) is 0 Å². The van der Waals surface area contributed by atoms with Gasteiger partial charge in [-0.25, -0.2) is 0 Å². The molecule has 154 valence electrons. The first-order chi connectivity index (χ1) is 14.7. The molecule has 0 amide bonds. The van der Waals surface area contributed by atoms with Crippen LogP contribution in [0.25, 0.3) is 11.1 Å². The summed E-state index contributed by atoms with van der Waals surface area (Å²) in [5.41, 5.74) is 6.64. The lowest BCUT2D eigenvalue weighted by Crippen LogP contribution is -2.46. The molecule has 0 unspecified atom stereocenters. The molecule has 0 spiro atoms. The highest BCUT2D eigenvalue weighted by Crippen LogP contribution is 2.29. The molecule has 0 aliphatic carbocycles. The van der Waals surface area contributed by atoms with Crippen LogP contribution < -0.4 is 10.2 Å². The van der Waals surface area contributed by atoms with E-state index in [4.69, 9.17) is 11.6 Å². The summed E-state index contributed by atoms with van der Waals surface area (Å²) in [7, 11) is 1.90. The van der Waals surface area contributed by atoms with E-state index < -0.39 is 0 Å². The molecule has 3 aromatic carbocycles. The first kappa shape index (κ1) is 20.5. The number of rotatable bonds is 6. The lowest BCUT2D eigenvalue weighted by atomic mass is 9.99. The van der Waals surface area contributed by atoms with Crippen molar-refractivity contribution in [3.8, 4) is 11.1 Å². The minimum absolute atomic E-state index is 0.695. The van der Waals surface area contributed by atoms with Crippen molar-refractivity contribution in [2.75, 3.05) is 43.4 Å². The number of nitrogens with one attached hydrogen (secondary N) is 1. The Morgan fingerprint density at radius 1 is 0.967 bits per heavy atom. The molecule has 4 nitrogen and oxygen atoms in total. The summed E-state index contributed by atoms with van der Waals surface area (Å²) in [5, 5.41) is 3.98. The standard InChI is InChI=1S/C25H26ClN3O/c1-27-24-16-19(18-30)6-11-25(24)29-14-12-28(13-15-29)17-21-4-2-3-5-23(21)20-7-9-22(26)10-8-20/h2-11,16,18,27H,12-15,17H2,1H3. The van der Waals surface area contributed by atoms with Crippen molar-refractivity contribution in [3.05, 3.63) is 82.9 Å². The van der Waals surface area contributed by atoms with Gasteiger partial charge in [-0.3, -0.25) is 9.69 Å². The number of anilines is 2. The molecule has 1 heterocycles. The van der Waals surface area contributed by atoms with E-state index >= 15 is 0 Å². The van der Waals surface area contributed by atoms with Crippen LogP contribution in [-0.4, -0.2) is 44.4 Å². The number of aldehydes is 1. The molecule has 30 heavy (non-hydrogen) atoms. The number of piperazine rings is 1. The Bertz CT molecular complexity index is 1010. The van der Waals surface area contributed by atoms with E-state index in [1.165, 1.54) is 16.7 Å². The van der Waals surface area contributed by atoms with E-state index in [2.05, 4.69) is 51.5 Å². The molecular weight excluding hydrogens is 394 g/mol. The third-order valence-electron chi connectivity index (χ3n) is 5.71. The predicted molar refractivity (Wildman–Crippen MR) is 126 cm³/mol. The Morgan fingerprint density at radius 2 is 1.70 bits per heavy atom. The monoisotopic (exact) mass is 419 g/mol. The van der Waals surface area contributed by atoms with Crippen LogP contribution in [0.4, 0.5) is 11.4 Å². The fraction of sp³-hybridized carbons (Fsp3) is 0.240. The maximum Gasteiger partial charge on any atom is 0.150 e. The second kappa shape index (κ2) is 9.33. The second-order valence-corrected chi connectivity index (χ2v) is 8.01. The largest absolute Gasteiger partial charge is 0.386 e. The van der Waals surface area contributed by atoms with E-state index in [1.807, 2.05) is 37.4 Å². The summed E-state index contributed by atoms with van der Waals surface area (Å²) in [6.45, 7) is 4.83. The molecule has 0 aromatic heterocycles. The van der Waals surface area contributed by atoms with Crippen LogP contribution in [0.2, 0.25) is 5.02 Å². The molecular formula is C25H26ClN3O. The maximum atomic E-state index is 11.1. The summed E-state index contributed by atoms with van der Waals surface area (Å²) in [4.78, 5) is 16.0. The van der Waals surface area contributed by atoms with Gasteiger partial charge in [-0.05, 0) is 47.0 Å². The highest BCUT2D eigenvalue weighted by Gasteiger charge is 2.20. The van der Waals surface area contributed by atoms with Crippen LogP contribution in [0.5, 0.6) is 0 Å². The highest BCUT2D eigenvalue weighted by molar-refractivity contribution is 6.30. The van der Waals surface area contributed by atoms with Gasteiger partial charge in [0.15, 0.2) is 0 Å². The molecule has 1 aliphatic heterocycles. The van der Waals surface area contributed by atoms with Crippen molar-refractivity contribution in [2.45, 2.75) is 6.54 Å². The number of benzene rings is 3. The zero-order valence-electron chi connectivity index (χ0n) is 17.1. The van der Waals surface area contributed by atoms with Crippen molar-refractivity contribution in [3.63, 3.8) is 0 Å². The van der Waals surface area contributed by atoms with Crippen LogP contribution in [0, 0.1) is 0 Å². The zero-order valence-corrected chi connectivity index (χ0v) is 17.9. The molecule has 3 aromatic rings. The summed E-state index contributed by atoms with van der Waals surface area (Å²) in [6.07, 6.45) is 0.890. The molecule has 1 N–H and O–H groups in total. The van der Waals surface area contributed by atoms with Gasteiger partial charge in [0.25, 0.3) is 0 Å². The van der Waals surface area contributed by atoms with E-state index in [9.17, 15) is 4.79 Å². The zero-order chi connectivity index (χ0) is 20.9. The van der Waals surface area contributed by atoms with Crippen LogP contribution in [0.3, 0.4) is 0 Å². The molecule has 1 saturated heterocycles. The fourth-order valence-electron chi connectivity index (χ4n) is 4.06. The van der Waals surface area contributed by atoms with Gasteiger partial charge >= 0.3 is 0 Å². The minimum atomic E-state index is 0.695. The molecule has 0 bridgehead atoms. The average molecular weight is 420 g/mol. The Morgan fingerprint density at radius 3 is 2.40 bits per heavy atom. The van der Waals surface area contributed by atoms with Gasteiger partial charge in [0.1, 0.15) is 6.29 Å². The minimum Gasteiger partial charge on any atom is -0.386 e. The molecule has 5 heteroatoms. The molecule has 1 aliphatic rings. The summed E-state index contributed by atoms with van der Waals surface area (Å²) >= 11 is 6.06. The fourth-order valence-corrected chi connectivity index (χ4v) is 4.19. The average Bonchev–Trinajstić information content (AvgIpc) is 2.80. The lowest BCUT2D eigenvalue weighted by Gasteiger charge is -2.37. The first-order valence-corrected chi connectivity index (χ1v) is 10.6. The Balaban J connectivity index is 1.45. The third kappa shape index (κ3) is 4.50. The number of halogens is 1. The van der Waals surface area contributed by atoms with E-state index in [0.717, 1.165) is 55.4 Å². The van der Waals surface area contributed by atoms with Gasteiger partial charge in [-0.1, -0.05) is 48.0 Å². The topological polar surface area (TPSA) is 35.6 Å². The number of carbonyl (C=O) groups is 1. The van der Waals surface area contributed by atoms with Gasteiger partial charge in [0.2, 0.25) is 0 Å². The molecule has 1 fully saturated rings. The number of hydrogen-bond acceptors (Lipinski definition) is 4. The Kier molecular flexibility index (Phi) is 6.36. The third-order valence-corrected chi connectivity index (χ3v) is 5.96. The van der Waals surface area contributed by atoms with Crippen LogP contribution in [0.15, 0.2) is 66.7 Å². The van der Waals surface area contributed by atoms with Crippen molar-refractivity contribution in [1.29, 1.82) is 0 Å². The molecule has 0 saturated carbocycles. The van der Waals surface area contributed by atoms with Gasteiger partial charge in [0.05, 0.1) is 11.4 Å². The maximum absolute atomic E-state index is 11.1. The van der Waals surface area contributed by atoms with Crippen LogP contribution in [0.1, 0.15) is 15.9 Å². The Labute approximate surface area is 183 Å². The quantitative estimate of drug-likeness (QED) is 0.558. The van der Waals surface area contributed by atoms with E-state index in [1.54, 1.807) is 0 Å². The predicted octanol–water partition coefficient (Wildman–Crippen LogP) is 5.18. The van der Waals surface area contributed by atoms with Crippen molar-refractivity contribution < 1.29 is 4.79 Å². The van der Waals surface area contributed by atoms with Gasteiger partial charge in [0, 0.05) is 50.4 Å². The smallest absolute Gasteiger partial charge is 0.150 e. The lowest BCUT2D eigenvalue weighted by molar-refractivity contribution is 0.112. The Hall–Kier alpha value is -2.82. The molecule has 4 rings (SSSR count). The normalized spacial score (nSPS) is 14.5. The summed E-state index contributed by atoms with van der Waals surface area (Å²) in [6, 6.07) is 22.5. The van der Waals surface area contributed by atoms with Crippen LogP contribution >= 0.6 is 11.6 Å². The van der Waals surface area contributed by atoms with Crippen molar-refractivity contribution in [2.24, 2.45) is 0 Å².